The van der Waals surface area contributed by atoms with E-state index in [1.54, 1.807) is 7.05 Å². The van der Waals surface area contributed by atoms with E-state index in [-0.39, 0.29) is 5.60 Å². The molecule has 0 aromatic heterocycles. The van der Waals surface area contributed by atoms with Crippen LogP contribution in [0, 0.1) is 0 Å². The van der Waals surface area contributed by atoms with Crippen molar-refractivity contribution < 1.29 is 4.74 Å². The predicted molar refractivity (Wildman–Crippen MR) is 118 cm³/mol. The minimum atomic E-state index is -0.227. The summed E-state index contributed by atoms with van der Waals surface area (Å²) in [6.45, 7) is 8.49. The van der Waals surface area contributed by atoms with Gasteiger partial charge in [-0.05, 0) is 52.1 Å². The molecule has 0 radical (unpaired) electrons. The van der Waals surface area contributed by atoms with Crippen LogP contribution in [-0.4, -0.2) is 37.6 Å². The molecule has 0 atom stereocenters. The lowest BCUT2D eigenvalue weighted by Crippen LogP contribution is -2.36. The molecule has 0 unspecified atom stereocenters. The van der Waals surface area contributed by atoms with E-state index in [1.165, 1.54) is 11.1 Å². The van der Waals surface area contributed by atoms with E-state index in [9.17, 15) is 0 Å². The number of nitrogens with zero attached hydrogens (tertiary/aromatic N) is 2. The van der Waals surface area contributed by atoms with Crippen LogP contribution in [0.4, 0.5) is 0 Å². The maximum absolute atomic E-state index is 6.06. The van der Waals surface area contributed by atoms with Crippen molar-refractivity contribution in [1.82, 2.24) is 15.5 Å². The molecule has 5 nitrogen and oxygen atoms in total. The molecule has 0 spiro atoms. The van der Waals surface area contributed by atoms with Crippen LogP contribution in [0.1, 0.15) is 37.5 Å². The van der Waals surface area contributed by atoms with Crippen LogP contribution in [-0.2, 0) is 19.6 Å². The molecule has 0 aliphatic carbocycles. The van der Waals surface area contributed by atoms with Gasteiger partial charge in [-0.2, -0.15) is 0 Å². The summed E-state index contributed by atoms with van der Waals surface area (Å²) in [5, 5.41) is 6.74. The highest BCUT2D eigenvalue weighted by molar-refractivity contribution is 5.79. The van der Waals surface area contributed by atoms with Crippen molar-refractivity contribution in [2.75, 3.05) is 21.1 Å². The van der Waals surface area contributed by atoms with Gasteiger partial charge < -0.3 is 20.3 Å². The predicted octanol–water partition coefficient (Wildman–Crippen LogP) is 3.79. The SMILES string of the molecule is CN=C(NCc1ccc(CN(C)C)cc1)NCc1ccccc1OC(C)(C)C. The Morgan fingerprint density at radius 3 is 2.14 bits per heavy atom. The molecule has 2 rings (SSSR count). The van der Waals surface area contributed by atoms with Crippen LogP contribution < -0.4 is 15.4 Å². The summed E-state index contributed by atoms with van der Waals surface area (Å²) in [5.74, 6) is 1.66. The van der Waals surface area contributed by atoms with E-state index in [4.69, 9.17) is 4.74 Å². The highest BCUT2D eigenvalue weighted by atomic mass is 16.5. The first kappa shape index (κ1) is 21.8. The lowest BCUT2D eigenvalue weighted by atomic mass is 10.1. The molecule has 0 aliphatic rings. The van der Waals surface area contributed by atoms with Gasteiger partial charge in [-0.25, -0.2) is 0 Å². The normalized spacial score (nSPS) is 12.2. The summed E-state index contributed by atoms with van der Waals surface area (Å²) in [4.78, 5) is 6.49. The van der Waals surface area contributed by atoms with Crippen molar-refractivity contribution in [2.45, 2.75) is 46.0 Å². The number of nitrogens with one attached hydrogen (secondary N) is 2. The molecular formula is C23H34N4O. The molecule has 28 heavy (non-hydrogen) atoms. The standard InChI is InChI=1S/C23H34N4O/c1-23(2,3)28-21-10-8-7-9-20(21)16-26-22(24-4)25-15-18-11-13-19(14-12-18)17-27(5)6/h7-14H,15-17H2,1-6H3,(H2,24,25,26). The number of guanidine groups is 1. The van der Waals surface area contributed by atoms with Crippen molar-refractivity contribution in [2.24, 2.45) is 4.99 Å². The molecule has 2 aromatic rings. The summed E-state index contributed by atoms with van der Waals surface area (Å²) in [5.41, 5.74) is 3.41. The molecule has 0 saturated heterocycles. The topological polar surface area (TPSA) is 48.9 Å². The lowest BCUT2D eigenvalue weighted by molar-refractivity contribution is 0.129. The van der Waals surface area contributed by atoms with E-state index in [1.807, 2.05) is 18.2 Å². The second kappa shape index (κ2) is 10.1. The van der Waals surface area contributed by atoms with Crippen LogP contribution in [0.5, 0.6) is 5.75 Å². The van der Waals surface area contributed by atoms with Gasteiger partial charge in [0.15, 0.2) is 5.96 Å². The first-order valence-electron chi connectivity index (χ1n) is 9.71. The van der Waals surface area contributed by atoms with Gasteiger partial charge in [0.1, 0.15) is 11.4 Å². The van der Waals surface area contributed by atoms with Crippen molar-refractivity contribution in [3.63, 3.8) is 0 Å². The molecule has 0 saturated carbocycles. The fraction of sp³-hybridized carbons (Fsp3) is 0.435. The summed E-state index contributed by atoms with van der Waals surface area (Å²) < 4.78 is 6.06. The fourth-order valence-electron chi connectivity index (χ4n) is 2.79. The largest absolute Gasteiger partial charge is 0.488 e. The second-order valence-electron chi connectivity index (χ2n) is 8.16. The fourth-order valence-corrected chi connectivity index (χ4v) is 2.79. The highest BCUT2D eigenvalue weighted by Crippen LogP contribution is 2.22. The molecule has 5 heteroatoms. The Hall–Kier alpha value is -2.53. The van der Waals surface area contributed by atoms with Gasteiger partial charge >= 0.3 is 0 Å². The number of benzene rings is 2. The molecule has 0 bridgehead atoms. The lowest BCUT2D eigenvalue weighted by Gasteiger charge is -2.23. The Morgan fingerprint density at radius 1 is 0.929 bits per heavy atom. The third-order valence-corrected chi connectivity index (χ3v) is 4.04. The van der Waals surface area contributed by atoms with Crippen molar-refractivity contribution in [1.29, 1.82) is 0 Å². The quantitative estimate of drug-likeness (QED) is 0.565. The molecular weight excluding hydrogens is 348 g/mol. The zero-order valence-corrected chi connectivity index (χ0v) is 18.0. The number of para-hydroxylation sites is 1. The van der Waals surface area contributed by atoms with Gasteiger partial charge in [0, 0.05) is 32.2 Å². The summed E-state index contributed by atoms with van der Waals surface area (Å²) in [6, 6.07) is 16.8. The van der Waals surface area contributed by atoms with Crippen LogP contribution >= 0.6 is 0 Å². The molecule has 152 valence electrons. The molecule has 0 heterocycles. The molecule has 2 N–H and O–H groups in total. The Morgan fingerprint density at radius 2 is 1.54 bits per heavy atom. The molecule has 2 aromatic carbocycles. The number of hydrogen-bond acceptors (Lipinski definition) is 3. The number of hydrogen-bond donors (Lipinski definition) is 2. The first-order chi connectivity index (χ1) is 13.3. The van der Waals surface area contributed by atoms with Crippen molar-refractivity contribution >= 4 is 5.96 Å². The van der Waals surface area contributed by atoms with Gasteiger partial charge in [-0.1, -0.05) is 42.5 Å². The van der Waals surface area contributed by atoms with Crippen molar-refractivity contribution in [3.05, 3.63) is 65.2 Å². The monoisotopic (exact) mass is 382 g/mol. The minimum absolute atomic E-state index is 0.227. The average molecular weight is 383 g/mol. The summed E-state index contributed by atoms with van der Waals surface area (Å²) in [7, 11) is 5.94. The molecule has 0 aliphatic heterocycles. The van der Waals surface area contributed by atoms with Gasteiger partial charge in [-0.15, -0.1) is 0 Å². The van der Waals surface area contributed by atoms with E-state index in [0.717, 1.165) is 30.4 Å². The first-order valence-corrected chi connectivity index (χ1v) is 9.71. The number of aliphatic imine (C=N–C) groups is 1. The minimum Gasteiger partial charge on any atom is -0.488 e. The smallest absolute Gasteiger partial charge is 0.191 e. The van der Waals surface area contributed by atoms with Gasteiger partial charge in [0.2, 0.25) is 0 Å². The van der Waals surface area contributed by atoms with Crippen LogP contribution in [0.25, 0.3) is 0 Å². The van der Waals surface area contributed by atoms with E-state index < -0.39 is 0 Å². The number of ether oxygens (including phenoxy) is 1. The van der Waals surface area contributed by atoms with Gasteiger partial charge in [0.25, 0.3) is 0 Å². The Kier molecular flexibility index (Phi) is 7.88. The van der Waals surface area contributed by atoms with Gasteiger partial charge in [-0.3, -0.25) is 4.99 Å². The molecule has 0 amide bonds. The van der Waals surface area contributed by atoms with Crippen LogP contribution in [0.3, 0.4) is 0 Å². The number of rotatable bonds is 7. The third-order valence-electron chi connectivity index (χ3n) is 4.04. The molecule has 0 fully saturated rings. The van der Waals surface area contributed by atoms with E-state index in [2.05, 4.69) is 85.7 Å². The van der Waals surface area contributed by atoms with Crippen molar-refractivity contribution in [3.8, 4) is 5.75 Å². The Labute approximate surface area is 169 Å². The zero-order valence-electron chi connectivity index (χ0n) is 18.0. The second-order valence-corrected chi connectivity index (χ2v) is 8.16. The van der Waals surface area contributed by atoms with Crippen LogP contribution in [0.15, 0.2) is 53.5 Å². The Bertz CT molecular complexity index is 761. The van der Waals surface area contributed by atoms with Gasteiger partial charge in [0.05, 0.1) is 0 Å². The highest BCUT2D eigenvalue weighted by Gasteiger charge is 2.14. The van der Waals surface area contributed by atoms with E-state index >= 15 is 0 Å². The third kappa shape index (κ3) is 7.61. The average Bonchev–Trinajstić information content (AvgIpc) is 2.62. The maximum atomic E-state index is 6.06. The van der Waals surface area contributed by atoms with E-state index in [0.29, 0.717) is 6.54 Å². The van der Waals surface area contributed by atoms with Crippen LogP contribution in [0.2, 0.25) is 0 Å². The summed E-state index contributed by atoms with van der Waals surface area (Å²) in [6.07, 6.45) is 0. The maximum Gasteiger partial charge on any atom is 0.191 e. The summed E-state index contributed by atoms with van der Waals surface area (Å²) >= 11 is 0. The Balaban J connectivity index is 1.90. The zero-order chi connectivity index (χ0) is 20.6.